The highest BCUT2D eigenvalue weighted by atomic mass is 32.2. The summed E-state index contributed by atoms with van der Waals surface area (Å²) in [6.07, 6.45) is 9.55. The van der Waals surface area contributed by atoms with Crippen molar-refractivity contribution in [3.63, 3.8) is 0 Å². The number of hydrogen-bond donors (Lipinski definition) is 4. The van der Waals surface area contributed by atoms with Crippen molar-refractivity contribution < 1.29 is 14.7 Å². The minimum absolute atomic E-state index is 0.108. The summed E-state index contributed by atoms with van der Waals surface area (Å²) in [7, 11) is 0. The Kier molecular flexibility index (Phi) is 15.5. The summed E-state index contributed by atoms with van der Waals surface area (Å²) >= 11 is 1.80. The fourth-order valence-corrected chi connectivity index (χ4v) is 3.71. The van der Waals surface area contributed by atoms with E-state index in [9.17, 15) is 9.59 Å². The summed E-state index contributed by atoms with van der Waals surface area (Å²) in [5, 5.41) is 12.1. The second kappa shape index (κ2) is 16.1. The lowest BCUT2D eigenvalue weighted by molar-refractivity contribution is -0.137. The number of amides is 1. The number of rotatable bonds is 16. The molecular weight excluding hydrogens is 350 g/mol. The first-order valence-electron chi connectivity index (χ1n) is 9.71. The molecule has 0 aliphatic carbocycles. The number of unbranched alkanes of at least 4 members (excludes halogenated alkanes) is 3. The fourth-order valence-electron chi connectivity index (χ4n) is 2.54. The summed E-state index contributed by atoms with van der Waals surface area (Å²) in [5.74, 6) is -0.830. The van der Waals surface area contributed by atoms with Crippen molar-refractivity contribution in [2.24, 2.45) is 11.5 Å². The third-order valence-electron chi connectivity index (χ3n) is 4.25. The van der Waals surface area contributed by atoms with Gasteiger partial charge in [0.05, 0.1) is 6.04 Å². The van der Waals surface area contributed by atoms with Crippen LogP contribution in [-0.2, 0) is 9.59 Å². The highest BCUT2D eigenvalue weighted by Crippen LogP contribution is 2.27. The average molecular weight is 388 g/mol. The Labute approximate surface area is 162 Å². The van der Waals surface area contributed by atoms with Gasteiger partial charge in [-0.25, -0.2) is 0 Å². The van der Waals surface area contributed by atoms with Gasteiger partial charge in [-0.2, -0.15) is 0 Å². The maximum atomic E-state index is 12.1. The van der Waals surface area contributed by atoms with Crippen LogP contribution in [0.1, 0.15) is 71.6 Å². The molecule has 0 heterocycles. The number of carbonyl (C=O) groups is 2. The summed E-state index contributed by atoms with van der Waals surface area (Å²) in [6, 6.07) is -0.471. The number of nitrogens with two attached hydrogens (primary N) is 2. The lowest BCUT2D eigenvalue weighted by Crippen LogP contribution is -2.41. The molecular formula is C19H37N3O3S. The summed E-state index contributed by atoms with van der Waals surface area (Å²) in [5.41, 5.74) is 11.4. The molecule has 152 valence electrons. The van der Waals surface area contributed by atoms with E-state index < -0.39 is 12.0 Å². The number of carboxylic acids is 1. The van der Waals surface area contributed by atoms with Gasteiger partial charge in [0.25, 0.3) is 0 Å². The minimum atomic E-state index is -0.723. The summed E-state index contributed by atoms with van der Waals surface area (Å²) in [6.45, 7) is 5.28. The Morgan fingerprint density at radius 1 is 1.15 bits per heavy atom. The topological polar surface area (TPSA) is 118 Å². The number of carboxylic acid groups (broad SMARTS) is 1. The molecule has 2 unspecified atom stereocenters. The normalized spacial score (nSPS) is 14.1. The quantitative estimate of drug-likeness (QED) is 0.302. The molecule has 6 N–H and O–H groups in total. The molecule has 0 aromatic carbocycles. The lowest BCUT2D eigenvalue weighted by Gasteiger charge is -2.18. The van der Waals surface area contributed by atoms with Crippen molar-refractivity contribution in [3.05, 3.63) is 11.0 Å². The first-order chi connectivity index (χ1) is 12.4. The third kappa shape index (κ3) is 13.2. The molecule has 0 saturated carbocycles. The third-order valence-corrected chi connectivity index (χ3v) is 5.84. The molecule has 0 aromatic heterocycles. The van der Waals surface area contributed by atoms with Crippen LogP contribution < -0.4 is 16.8 Å². The lowest BCUT2D eigenvalue weighted by atomic mass is 10.1. The van der Waals surface area contributed by atoms with E-state index in [4.69, 9.17) is 16.6 Å². The van der Waals surface area contributed by atoms with E-state index in [-0.39, 0.29) is 12.3 Å². The Balaban J connectivity index is 4.13. The van der Waals surface area contributed by atoms with Crippen molar-refractivity contribution in [2.45, 2.75) is 82.9 Å². The fraction of sp³-hybridized carbons (Fsp3) is 0.789. The van der Waals surface area contributed by atoms with Crippen LogP contribution in [0.3, 0.4) is 0 Å². The van der Waals surface area contributed by atoms with Crippen LogP contribution in [0.25, 0.3) is 0 Å². The standard InChI is InChI=1S/C19H37N3O3S/c1-3-15(10-6-5-7-12-18(23)24)26-16(4-2)14-22-19(25)17(21)11-8-9-13-20/h4,15,17H,3,5-14,20-21H2,1-2H3,(H,22,25)(H,23,24)/b16-4-. The molecule has 2 atom stereocenters. The van der Waals surface area contributed by atoms with E-state index >= 15 is 0 Å². The zero-order chi connectivity index (χ0) is 19.8. The SMILES string of the molecule is C/C=C(/CNC(=O)C(N)CCCCN)SC(CC)CCCCCC(=O)O. The van der Waals surface area contributed by atoms with E-state index in [1.165, 1.54) is 0 Å². The number of hydrogen-bond acceptors (Lipinski definition) is 5. The van der Waals surface area contributed by atoms with Gasteiger partial charge in [-0.15, -0.1) is 11.8 Å². The van der Waals surface area contributed by atoms with Gasteiger partial charge in [0.2, 0.25) is 5.91 Å². The summed E-state index contributed by atoms with van der Waals surface area (Å²) in [4.78, 5) is 23.7. The van der Waals surface area contributed by atoms with Crippen LogP contribution in [0, 0.1) is 0 Å². The van der Waals surface area contributed by atoms with E-state index in [1.54, 1.807) is 11.8 Å². The Hall–Kier alpha value is -1.05. The van der Waals surface area contributed by atoms with Crippen LogP contribution in [-0.4, -0.2) is 41.4 Å². The van der Waals surface area contributed by atoms with Gasteiger partial charge in [-0.1, -0.05) is 32.3 Å². The zero-order valence-electron chi connectivity index (χ0n) is 16.3. The maximum Gasteiger partial charge on any atom is 0.303 e. The van der Waals surface area contributed by atoms with Crippen LogP contribution >= 0.6 is 11.8 Å². The Morgan fingerprint density at radius 3 is 2.42 bits per heavy atom. The molecule has 6 nitrogen and oxygen atoms in total. The Morgan fingerprint density at radius 2 is 1.85 bits per heavy atom. The van der Waals surface area contributed by atoms with Gasteiger partial charge in [0, 0.05) is 23.1 Å². The van der Waals surface area contributed by atoms with Gasteiger partial charge in [-0.3, -0.25) is 9.59 Å². The monoisotopic (exact) mass is 387 g/mol. The van der Waals surface area contributed by atoms with E-state index in [2.05, 4.69) is 12.2 Å². The molecule has 0 spiro atoms. The first-order valence-corrected chi connectivity index (χ1v) is 10.6. The maximum absolute atomic E-state index is 12.1. The number of aliphatic carboxylic acids is 1. The molecule has 1 amide bonds. The zero-order valence-corrected chi connectivity index (χ0v) is 17.2. The smallest absolute Gasteiger partial charge is 0.303 e. The largest absolute Gasteiger partial charge is 0.481 e. The molecule has 0 fully saturated rings. The van der Waals surface area contributed by atoms with Gasteiger partial charge in [0.15, 0.2) is 0 Å². The van der Waals surface area contributed by atoms with Crippen LogP contribution in [0.5, 0.6) is 0 Å². The first kappa shape index (κ1) is 24.9. The molecule has 26 heavy (non-hydrogen) atoms. The van der Waals surface area contributed by atoms with Gasteiger partial charge in [0.1, 0.15) is 0 Å². The van der Waals surface area contributed by atoms with Gasteiger partial charge >= 0.3 is 5.97 Å². The summed E-state index contributed by atoms with van der Waals surface area (Å²) < 4.78 is 0. The van der Waals surface area contributed by atoms with Crippen molar-refractivity contribution in [1.29, 1.82) is 0 Å². The molecule has 0 aliphatic rings. The van der Waals surface area contributed by atoms with Crippen molar-refractivity contribution >= 4 is 23.6 Å². The molecule has 0 rings (SSSR count). The number of carbonyl (C=O) groups excluding carboxylic acids is 1. The molecule has 0 aliphatic heterocycles. The van der Waals surface area contributed by atoms with Gasteiger partial charge in [-0.05, 0) is 45.6 Å². The number of thioether (sulfide) groups is 1. The predicted molar refractivity (Wildman–Crippen MR) is 110 cm³/mol. The van der Waals surface area contributed by atoms with Crippen molar-refractivity contribution in [1.82, 2.24) is 5.32 Å². The highest BCUT2D eigenvalue weighted by Gasteiger charge is 2.14. The van der Waals surface area contributed by atoms with Crippen molar-refractivity contribution in [3.8, 4) is 0 Å². The van der Waals surface area contributed by atoms with Crippen LogP contribution in [0.2, 0.25) is 0 Å². The molecule has 0 saturated heterocycles. The molecule has 7 heteroatoms. The number of allylic oxidation sites excluding steroid dienone is 1. The Bertz CT molecular complexity index is 430. The predicted octanol–water partition coefficient (Wildman–Crippen LogP) is 3.01. The second-order valence-electron chi connectivity index (χ2n) is 6.50. The van der Waals surface area contributed by atoms with E-state index in [1.807, 2.05) is 13.0 Å². The number of nitrogens with one attached hydrogen (secondary N) is 1. The second-order valence-corrected chi connectivity index (χ2v) is 7.93. The van der Waals surface area contributed by atoms with Gasteiger partial charge < -0.3 is 21.9 Å². The van der Waals surface area contributed by atoms with Crippen LogP contribution in [0.15, 0.2) is 11.0 Å². The highest BCUT2D eigenvalue weighted by molar-refractivity contribution is 8.03. The van der Waals surface area contributed by atoms with Crippen molar-refractivity contribution in [2.75, 3.05) is 13.1 Å². The van der Waals surface area contributed by atoms with Crippen LogP contribution in [0.4, 0.5) is 0 Å². The molecule has 0 aromatic rings. The minimum Gasteiger partial charge on any atom is -0.481 e. The average Bonchev–Trinajstić information content (AvgIpc) is 2.62. The molecule has 0 bridgehead atoms. The molecule has 0 radical (unpaired) electrons. The van der Waals surface area contributed by atoms with E-state index in [0.29, 0.717) is 24.8 Å². The van der Waals surface area contributed by atoms with E-state index in [0.717, 1.165) is 49.9 Å².